The number of allylic oxidation sites excluding steroid dienone is 4. The Hall–Kier alpha value is -1.58. The fourth-order valence-electron chi connectivity index (χ4n) is 4.40. The second kappa shape index (κ2) is 6.50. The van der Waals surface area contributed by atoms with Gasteiger partial charge in [0.1, 0.15) is 0 Å². The molecule has 0 N–H and O–H groups in total. The highest BCUT2D eigenvalue weighted by Crippen LogP contribution is 2.50. The first-order valence-corrected chi connectivity index (χ1v) is 8.89. The summed E-state index contributed by atoms with van der Waals surface area (Å²) in [5.74, 6) is -0.813. The van der Waals surface area contributed by atoms with E-state index in [1.165, 1.54) is 36.0 Å². The number of ether oxygens (including phenoxy) is 2. The molecule has 4 nitrogen and oxygen atoms in total. The zero-order chi connectivity index (χ0) is 16.4. The van der Waals surface area contributed by atoms with Crippen LogP contribution in [0.5, 0.6) is 0 Å². The third kappa shape index (κ3) is 2.73. The van der Waals surface area contributed by atoms with Gasteiger partial charge in [-0.15, -0.1) is 0 Å². The number of carbonyl (C=O) groups is 2. The van der Waals surface area contributed by atoms with E-state index in [4.69, 9.17) is 9.47 Å². The van der Waals surface area contributed by atoms with Crippen LogP contribution < -0.4 is 0 Å². The molecule has 4 heteroatoms. The Morgan fingerprint density at radius 1 is 0.870 bits per heavy atom. The van der Waals surface area contributed by atoms with Gasteiger partial charge in [-0.1, -0.05) is 11.1 Å². The molecule has 0 atom stereocenters. The fraction of sp³-hybridized carbons (Fsp3) is 0.684. The molecular weight excluding hydrogens is 292 g/mol. The molecule has 0 heterocycles. The van der Waals surface area contributed by atoms with E-state index >= 15 is 0 Å². The van der Waals surface area contributed by atoms with E-state index < -0.39 is 17.4 Å². The van der Waals surface area contributed by atoms with Crippen LogP contribution in [0.1, 0.15) is 65.2 Å². The molecule has 3 aliphatic rings. The van der Waals surface area contributed by atoms with Crippen molar-refractivity contribution in [3.8, 4) is 0 Å². The molecule has 0 amide bonds. The summed E-state index contributed by atoms with van der Waals surface area (Å²) < 4.78 is 10.5. The highest BCUT2D eigenvalue weighted by atomic mass is 16.6. The van der Waals surface area contributed by atoms with Crippen molar-refractivity contribution in [1.82, 2.24) is 0 Å². The zero-order valence-electron chi connectivity index (χ0n) is 14.2. The molecule has 0 aromatic carbocycles. The Bertz CT molecular complexity index is 564. The van der Waals surface area contributed by atoms with Gasteiger partial charge in [0.2, 0.25) is 0 Å². The average Bonchev–Trinajstić information content (AvgIpc) is 3.03. The highest BCUT2D eigenvalue weighted by Gasteiger charge is 2.51. The molecule has 23 heavy (non-hydrogen) atoms. The van der Waals surface area contributed by atoms with Crippen molar-refractivity contribution in [2.45, 2.75) is 65.2 Å². The second-order valence-electron chi connectivity index (χ2n) is 6.72. The van der Waals surface area contributed by atoms with E-state index in [9.17, 15) is 9.59 Å². The van der Waals surface area contributed by atoms with Crippen LogP contribution in [0, 0.1) is 5.41 Å². The lowest BCUT2D eigenvalue weighted by Crippen LogP contribution is -2.44. The van der Waals surface area contributed by atoms with E-state index in [2.05, 4.69) is 0 Å². The van der Waals surface area contributed by atoms with Gasteiger partial charge in [0, 0.05) is 0 Å². The SMILES string of the molecule is CCOC(=O)C1(C(=O)OCC)CCC2=C(CCC3=C2CCC3)C1. The molecule has 0 spiro atoms. The van der Waals surface area contributed by atoms with Gasteiger partial charge in [0.05, 0.1) is 13.2 Å². The Kier molecular flexibility index (Phi) is 4.60. The lowest BCUT2D eigenvalue weighted by molar-refractivity contribution is -0.173. The van der Waals surface area contributed by atoms with Gasteiger partial charge < -0.3 is 9.47 Å². The van der Waals surface area contributed by atoms with Crippen LogP contribution in [-0.4, -0.2) is 25.2 Å². The van der Waals surface area contributed by atoms with Gasteiger partial charge in [-0.2, -0.15) is 0 Å². The highest BCUT2D eigenvalue weighted by molar-refractivity contribution is 6.00. The summed E-state index contributed by atoms with van der Waals surface area (Å²) >= 11 is 0. The Labute approximate surface area is 137 Å². The van der Waals surface area contributed by atoms with Gasteiger partial charge in [-0.05, 0) is 76.4 Å². The number of hydrogen-bond acceptors (Lipinski definition) is 4. The average molecular weight is 318 g/mol. The van der Waals surface area contributed by atoms with Crippen LogP contribution in [0.3, 0.4) is 0 Å². The quantitative estimate of drug-likeness (QED) is 0.583. The van der Waals surface area contributed by atoms with Crippen molar-refractivity contribution in [2.24, 2.45) is 5.41 Å². The topological polar surface area (TPSA) is 52.6 Å². The lowest BCUT2D eigenvalue weighted by atomic mass is 9.67. The first-order chi connectivity index (χ1) is 11.1. The minimum absolute atomic E-state index is 0.293. The van der Waals surface area contributed by atoms with E-state index in [-0.39, 0.29) is 0 Å². The van der Waals surface area contributed by atoms with Crippen LogP contribution in [0.2, 0.25) is 0 Å². The summed E-state index contributed by atoms with van der Waals surface area (Å²) in [4.78, 5) is 25.2. The van der Waals surface area contributed by atoms with Crippen molar-refractivity contribution in [2.75, 3.05) is 13.2 Å². The van der Waals surface area contributed by atoms with Crippen molar-refractivity contribution >= 4 is 11.9 Å². The summed E-state index contributed by atoms with van der Waals surface area (Å²) in [6.45, 7) is 4.14. The molecule has 0 aliphatic heterocycles. The minimum Gasteiger partial charge on any atom is -0.465 e. The molecule has 0 saturated heterocycles. The molecule has 0 radical (unpaired) electrons. The van der Waals surface area contributed by atoms with Crippen molar-refractivity contribution in [3.05, 3.63) is 22.3 Å². The van der Waals surface area contributed by atoms with E-state index in [0.717, 1.165) is 19.3 Å². The third-order valence-corrected chi connectivity index (χ3v) is 5.50. The summed E-state index contributed by atoms with van der Waals surface area (Å²) in [5.41, 5.74) is 4.75. The monoisotopic (exact) mass is 318 g/mol. The van der Waals surface area contributed by atoms with Crippen molar-refractivity contribution in [1.29, 1.82) is 0 Å². The number of fused-ring (bicyclic) bond motifs is 1. The Morgan fingerprint density at radius 3 is 2.13 bits per heavy atom. The summed E-state index contributed by atoms with van der Waals surface area (Å²) in [6, 6.07) is 0. The predicted octanol–water partition coefficient (Wildman–Crippen LogP) is 3.85. The summed E-state index contributed by atoms with van der Waals surface area (Å²) in [6.07, 6.45) is 7.52. The first-order valence-electron chi connectivity index (χ1n) is 8.89. The van der Waals surface area contributed by atoms with Gasteiger partial charge in [0.25, 0.3) is 0 Å². The van der Waals surface area contributed by atoms with Gasteiger partial charge in [0.15, 0.2) is 5.41 Å². The number of hydrogen-bond donors (Lipinski definition) is 0. The summed E-state index contributed by atoms with van der Waals surface area (Å²) in [7, 11) is 0. The first kappa shape index (κ1) is 16.3. The van der Waals surface area contributed by atoms with Crippen LogP contribution >= 0.6 is 0 Å². The van der Waals surface area contributed by atoms with E-state index in [0.29, 0.717) is 26.1 Å². The maximum Gasteiger partial charge on any atom is 0.323 e. The van der Waals surface area contributed by atoms with Crippen LogP contribution in [0.4, 0.5) is 0 Å². The smallest absolute Gasteiger partial charge is 0.323 e. The van der Waals surface area contributed by atoms with Crippen LogP contribution in [0.15, 0.2) is 22.3 Å². The lowest BCUT2D eigenvalue weighted by Gasteiger charge is -2.37. The molecule has 3 aliphatic carbocycles. The third-order valence-electron chi connectivity index (χ3n) is 5.50. The molecule has 0 unspecified atom stereocenters. The summed E-state index contributed by atoms with van der Waals surface area (Å²) in [5, 5.41) is 0. The number of rotatable bonds is 4. The standard InChI is InChI=1S/C19H26O4/c1-3-22-17(20)19(18(21)23-4-2)11-10-16-14(12-19)9-8-13-6-5-7-15(13)16/h3-12H2,1-2H3. The van der Waals surface area contributed by atoms with Crippen molar-refractivity contribution in [3.63, 3.8) is 0 Å². The molecular formula is C19H26O4. The molecule has 3 rings (SSSR count). The van der Waals surface area contributed by atoms with Crippen LogP contribution in [-0.2, 0) is 19.1 Å². The second-order valence-corrected chi connectivity index (χ2v) is 6.72. The normalized spacial score (nSPS) is 22.5. The zero-order valence-corrected chi connectivity index (χ0v) is 14.2. The van der Waals surface area contributed by atoms with Crippen molar-refractivity contribution < 1.29 is 19.1 Å². The van der Waals surface area contributed by atoms with Gasteiger partial charge >= 0.3 is 11.9 Å². The van der Waals surface area contributed by atoms with E-state index in [1.807, 2.05) is 0 Å². The van der Waals surface area contributed by atoms with Gasteiger partial charge in [-0.25, -0.2) is 0 Å². The maximum absolute atomic E-state index is 12.6. The fourth-order valence-corrected chi connectivity index (χ4v) is 4.40. The maximum atomic E-state index is 12.6. The molecule has 126 valence electrons. The Morgan fingerprint density at radius 2 is 1.48 bits per heavy atom. The number of carbonyl (C=O) groups excluding carboxylic acids is 2. The molecule has 0 bridgehead atoms. The van der Waals surface area contributed by atoms with Gasteiger partial charge in [-0.3, -0.25) is 9.59 Å². The Balaban J connectivity index is 1.92. The largest absolute Gasteiger partial charge is 0.465 e. The van der Waals surface area contributed by atoms with Crippen LogP contribution in [0.25, 0.3) is 0 Å². The molecule has 0 aromatic rings. The molecule has 0 saturated carbocycles. The minimum atomic E-state index is -1.12. The van der Waals surface area contributed by atoms with E-state index in [1.54, 1.807) is 19.4 Å². The molecule has 0 fully saturated rings. The number of esters is 2. The molecule has 0 aromatic heterocycles. The predicted molar refractivity (Wildman–Crippen MR) is 86.7 cm³/mol.